The van der Waals surface area contributed by atoms with Crippen molar-refractivity contribution in [2.45, 2.75) is 52.0 Å². The molecule has 88 valence electrons. The summed E-state index contributed by atoms with van der Waals surface area (Å²) in [6.07, 6.45) is 5.04. The fourth-order valence-corrected chi connectivity index (χ4v) is 2.11. The van der Waals surface area contributed by atoms with Crippen LogP contribution in [0.15, 0.2) is 0 Å². The van der Waals surface area contributed by atoms with Gasteiger partial charge in [-0.1, -0.05) is 26.7 Å². The maximum atomic E-state index is 10.9. The van der Waals surface area contributed by atoms with E-state index in [1.54, 1.807) is 0 Å². The molecule has 3 heteroatoms. The van der Waals surface area contributed by atoms with Crippen molar-refractivity contribution in [2.75, 3.05) is 6.54 Å². The molecule has 0 bridgehead atoms. The third-order valence-electron chi connectivity index (χ3n) is 3.48. The molecule has 0 aromatic heterocycles. The van der Waals surface area contributed by atoms with Gasteiger partial charge in [0, 0.05) is 6.04 Å². The Morgan fingerprint density at radius 1 is 1.53 bits per heavy atom. The lowest BCUT2D eigenvalue weighted by Gasteiger charge is -2.28. The van der Waals surface area contributed by atoms with E-state index < -0.39 is 5.97 Å². The van der Waals surface area contributed by atoms with Crippen molar-refractivity contribution in [3.63, 3.8) is 0 Å². The molecule has 0 heterocycles. The zero-order valence-electron chi connectivity index (χ0n) is 9.83. The van der Waals surface area contributed by atoms with E-state index in [1.807, 2.05) is 0 Å². The number of nitrogens with one attached hydrogen (secondary N) is 1. The van der Waals surface area contributed by atoms with Crippen molar-refractivity contribution in [1.29, 1.82) is 0 Å². The summed E-state index contributed by atoms with van der Waals surface area (Å²) in [6.45, 7) is 5.44. The molecule has 3 unspecified atom stereocenters. The molecule has 1 rings (SSSR count). The van der Waals surface area contributed by atoms with Crippen molar-refractivity contribution < 1.29 is 9.90 Å². The number of aliphatic carboxylic acids is 1. The minimum Gasteiger partial charge on any atom is -0.481 e. The van der Waals surface area contributed by atoms with Crippen LogP contribution < -0.4 is 5.32 Å². The summed E-state index contributed by atoms with van der Waals surface area (Å²) in [5, 5.41) is 12.4. The summed E-state index contributed by atoms with van der Waals surface area (Å²) in [7, 11) is 0. The van der Waals surface area contributed by atoms with Crippen LogP contribution in [-0.2, 0) is 4.79 Å². The highest BCUT2D eigenvalue weighted by atomic mass is 16.4. The quantitative estimate of drug-likeness (QED) is 0.736. The van der Waals surface area contributed by atoms with Crippen LogP contribution in [0.3, 0.4) is 0 Å². The molecule has 0 radical (unpaired) electrons. The number of carboxylic acid groups (broad SMARTS) is 1. The van der Waals surface area contributed by atoms with Crippen molar-refractivity contribution in [3.05, 3.63) is 0 Å². The predicted molar refractivity (Wildman–Crippen MR) is 60.8 cm³/mol. The van der Waals surface area contributed by atoms with Crippen molar-refractivity contribution in [2.24, 2.45) is 11.8 Å². The summed E-state index contributed by atoms with van der Waals surface area (Å²) in [5.74, 6) is -0.0478. The van der Waals surface area contributed by atoms with E-state index in [0.29, 0.717) is 12.0 Å². The van der Waals surface area contributed by atoms with Gasteiger partial charge in [0.25, 0.3) is 0 Å². The van der Waals surface area contributed by atoms with Crippen LogP contribution in [0, 0.1) is 11.8 Å². The molecule has 15 heavy (non-hydrogen) atoms. The van der Waals surface area contributed by atoms with Gasteiger partial charge in [-0.05, 0) is 31.7 Å². The van der Waals surface area contributed by atoms with Gasteiger partial charge in [0.15, 0.2) is 0 Å². The zero-order valence-corrected chi connectivity index (χ0v) is 9.83. The fraction of sp³-hybridized carbons (Fsp3) is 0.917. The molecule has 1 saturated carbocycles. The van der Waals surface area contributed by atoms with Crippen LogP contribution in [0.4, 0.5) is 0 Å². The molecule has 0 aromatic rings. The van der Waals surface area contributed by atoms with Crippen LogP contribution >= 0.6 is 0 Å². The molecule has 2 N–H and O–H groups in total. The van der Waals surface area contributed by atoms with E-state index >= 15 is 0 Å². The van der Waals surface area contributed by atoms with Crippen molar-refractivity contribution in [3.8, 4) is 0 Å². The Balaban J connectivity index is 2.27. The van der Waals surface area contributed by atoms with E-state index in [9.17, 15) is 4.79 Å². The first-order valence-corrected chi connectivity index (χ1v) is 6.09. The molecule has 1 aliphatic rings. The predicted octanol–water partition coefficient (Wildman–Crippen LogP) is 2.27. The summed E-state index contributed by atoms with van der Waals surface area (Å²) in [4.78, 5) is 10.9. The second-order valence-corrected chi connectivity index (χ2v) is 4.82. The molecule has 3 nitrogen and oxygen atoms in total. The average molecular weight is 213 g/mol. The number of carboxylic acids is 1. The number of hydrogen-bond acceptors (Lipinski definition) is 2. The lowest BCUT2D eigenvalue weighted by Crippen LogP contribution is -2.38. The maximum Gasteiger partial charge on any atom is 0.306 e. The van der Waals surface area contributed by atoms with Gasteiger partial charge in [-0.15, -0.1) is 0 Å². The summed E-state index contributed by atoms with van der Waals surface area (Å²) >= 11 is 0. The molecule has 0 amide bonds. The molecule has 0 aromatic carbocycles. The normalized spacial score (nSPS) is 28.7. The van der Waals surface area contributed by atoms with Gasteiger partial charge in [-0.2, -0.15) is 0 Å². The summed E-state index contributed by atoms with van der Waals surface area (Å²) < 4.78 is 0. The van der Waals surface area contributed by atoms with E-state index in [4.69, 9.17) is 5.11 Å². The Kier molecular flexibility index (Phi) is 5.09. The van der Waals surface area contributed by atoms with E-state index in [0.717, 1.165) is 32.2 Å². The van der Waals surface area contributed by atoms with Gasteiger partial charge in [-0.25, -0.2) is 0 Å². The van der Waals surface area contributed by atoms with Crippen LogP contribution in [0.25, 0.3) is 0 Å². The topological polar surface area (TPSA) is 49.3 Å². The third-order valence-corrected chi connectivity index (χ3v) is 3.48. The largest absolute Gasteiger partial charge is 0.481 e. The Morgan fingerprint density at radius 2 is 2.27 bits per heavy atom. The molecular weight excluding hydrogens is 190 g/mol. The highest BCUT2D eigenvalue weighted by molar-refractivity contribution is 5.70. The molecule has 0 saturated heterocycles. The Morgan fingerprint density at radius 3 is 2.87 bits per heavy atom. The zero-order chi connectivity index (χ0) is 11.3. The minimum atomic E-state index is -0.620. The molecule has 3 atom stereocenters. The summed E-state index contributed by atoms with van der Waals surface area (Å²) in [5.41, 5.74) is 0. The first-order valence-electron chi connectivity index (χ1n) is 6.09. The van der Waals surface area contributed by atoms with Gasteiger partial charge in [0.2, 0.25) is 0 Å². The van der Waals surface area contributed by atoms with Crippen molar-refractivity contribution >= 4 is 5.97 Å². The van der Waals surface area contributed by atoms with Crippen molar-refractivity contribution in [1.82, 2.24) is 5.32 Å². The van der Waals surface area contributed by atoms with Gasteiger partial charge >= 0.3 is 5.97 Å². The van der Waals surface area contributed by atoms with Crippen LogP contribution in [0.1, 0.15) is 46.0 Å². The highest BCUT2D eigenvalue weighted by Gasteiger charge is 2.26. The van der Waals surface area contributed by atoms with Gasteiger partial charge in [0.05, 0.1) is 5.92 Å². The molecular formula is C12H23NO2. The minimum absolute atomic E-state index is 0.117. The second kappa shape index (κ2) is 6.11. The van der Waals surface area contributed by atoms with E-state index in [2.05, 4.69) is 19.2 Å². The summed E-state index contributed by atoms with van der Waals surface area (Å²) in [6, 6.07) is 0.425. The first kappa shape index (κ1) is 12.5. The Hall–Kier alpha value is -0.570. The standard InChI is InChI=1S/C12H23NO2/c1-3-9(2)8-13-11-6-4-5-10(7-11)12(14)15/h9-11,13H,3-8H2,1-2H3,(H,14,15). The highest BCUT2D eigenvalue weighted by Crippen LogP contribution is 2.24. The fourth-order valence-electron chi connectivity index (χ4n) is 2.11. The van der Waals surface area contributed by atoms with Gasteiger partial charge in [0.1, 0.15) is 0 Å². The van der Waals surface area contributed by atoms with Crippen LogP contribution in [0.2, 0.25) is 0 Å². The lowest BCUT2D eigenvalue weighted by atomic mass is 9.85. The Labute approximate surface area is 92.3 Å². The molecule has 1 fully saturated rings. The van der Waals surface area contributed by atoms with E-state index in [1.165, 1.54) is 6.42 Å². The molecule has 0 aliphatic heterocycles. The average Bonchev–Trinajstić information content (AvgIpc) is 2.26. The number of hydrogen-bond donors (Lipinski definition) is 2. The van der Waals surface area contributed by atoms with Gasteiger partial charge in [-0.3, -0.25) is 4.79 Å². The first-order chi connectivity index (χ1) is 7.13. The molecule has 1 aliphatic carbocycles. The lowest BCUT2D eigenvalue weighted by molar-refractivity contribution is -0.143. The monoisotopic (exact) mass is 213 g/mol. The SMILES string of the molecule is CCC(C)CNC1CCCC(C(=O)O)C1. The van der Waals surface area contributed by atoms with Gasteiger partial charge < -0.3 is 10.4 Å². The Bertz CT molecular complexity index is 206. The smallest absolute Gasteiger partial charge is 0.306 e. The number of rotatable bonds is 5. The maximum absolute atomic E-state index is 10.9. The number of carbonyl (C=O) groups is 1. The third kappa shape index (κ3) is 4.20. The van der Waals surface area contributed by atoms with Crippen LogP contribution in [0.5, 0.6) is 0 Å². The second-order valence-electron chi connectivity index (χ2n) is 4.82. The van der Waals surface area contributed by atoms with E-state index in [-0.39, 0.29) is 5.92 Å². The van der Waals surface area contributed by atoms with Crippen LogP contribution in [-0.4, -0.2) is 23.7 Å². The molecule has 0 spiro atoms.